The summed E-state index contributed by atoms with van der Waals surface area (Å²) in [6.07, 6.45) is 0. The predicted molar refractivity (Wildman–Crippen MR) is 86.7 cm³/mol. The molecule has 112 valence electrons. The van der Waals surface area contributed by atoms with Crippen LogP contribution in [0.3, 0.4) is 0 Å². The van der Waals surface area contributed by atoms with E-state index in [4.69, 9.17) is 50.0 Å². The molecule has 0 aromatic heterocycles. The third-order valence-electron chi connectivity index (χ3n) is 2.92. The van der Waals surface area contributed by atoms with Crippen LogP contribution < -0.4 is 15.2 Å². The van der Waals surface area contributed by atoms with Crippen LogP contribution in [0, 0.1) is 0 Å². The average molecular weight is 347 g/mol. The molecule has 0 bridgehead atoms. The van der Waals surface area contributed by atoms with E-state index in [0.717, 1.165) is 11.1 Å². The Bertz CT molecular complexity index is 622. The lowest BCUT2D eigenvalue weighted by Crippen LogP contribution is -2.05. The molecule has 0 radical (unpaired) electrons. The Morgan fingerprint density at radius 2 is 1.76 bits per heavy atom. The van der Waals surface area contributed by atoms with Gasteiger partial charge in [-0.15, -0.1) is 0 Å². The van der Waals surface area contributed by atoms with Crippen LogP contribution in [0.5, 0.6) is 11.5 Å². The lowest BCUT2D eigenvalue weighted by atomic mass is 10.2. The second-order valence-electron chi connectivity index (χ2n) is 4.32. The number of hydrogen-bond donors (Lipinski definition) is 1. The number of halogens is 3. The van der Waals surface area contributed by atoms with Gasteiger partial charge in [0.1, 0.15) is 6.61 Å². The van der Waals surface area contributed by atoms with Gasteiger partial charge in [-0.3, -0.25) is 0 Å². The highest BCUT2D eigenvalue weighted by atomic mass is 35.5. The van der Waals surface area contributed by atoms with Crippen molar-refractivity contribution in [2.75, 3.05) is 7.11 Å². The Balaban J connectivity index is 2.26. The fraction of sp³-hybridized carbons (Fsp3) is 0.200. The van der Waals surface area contributed by atoms with Gasteiger partial charge < -0.3 is 15.2 Å². The van der Waals surface area contributed by atoms with E-state index in [-0.39, 0.29) is 6.61 Å². The van der Waals surface area contributed by atoms with Crippen molar-refractivity contribution in [1.29, 1.82) is 0 Å². The summed E-state index contributed by atoms with van der Waals surface area (Å²) in [7, 11) is 1.55. The van der Waals surface area contributed by atoms with E-state index < -0.39 is 0 Å². The van der Waals surface area contributed by atoms with Gasteiger partial charge in [0.05, 0.1) is 7.11 Å². The molecule has 0 unspecified atom stereocenters. The highest BCUT2D eigenvalue weighted by Crippen LogP contribution is 2.35. The molecule has 0 aliphatic heterocycles. The molecule has 0 aliphatic rings. The standard InChI is InChI=1S/C15H14Cl3NO2/c1-20-14-6-12(17)4-10(7-19)15(14)21-8-9-2-3-11(16)5-13(9)18/h2-6H,7-8,19H2,1H3. The molecule has 2 rings (SSSR count). The highest BCUT2D eigenvalue weighted by molar-refractivity contribution is 6.35. The Hall–Kier alpha value is -1.13. The maximum Gasteiger partial charge on any atom is 0.166 e. The Morgan fingerprint density at radius 3 is 2.38 bits per heavy atom. The van der Waals surface area contributed by atoms with E-state index in [0.29, 0.717) is 33.1 Å². The molecule has 21 heavy (non-hydrogen) atoms. The summed E-state index contributed by atoms with van der Waals surface area (Å²) >= 11 is 18.0. The number of methoxy groups -OCH3 is 1. The van der Waals surface area contributed by atoms with E-state index in [1.807, 2.05) is 6.07 Å². The third kappa shape index (κ3) is 3.95. The summed E-state index contributed by atoms with van der Waals surface area (Å²) in [5, 5.41) is 1.67. The quantitative estimate of drug-likeness (QED) is 0.854. The van der Waals surface area contributed by atoms with E-state index in [1.54, 1.807) is 31.4 Å². The minimum absolute atomic E-state index is 0.279. The molecule has 0 amide bonds. The predicted octanol–water partition coefficient (Wildman–Crippen LogP) is 4.69. The maximum atomic E-state index is 6.13. The average Bonchev–Trinajstić information content (AvgIpc) is 2.46. The summed E-state index contributed by atoms with van der Waals surface area (Å²) in [4.78, 5) is 0. The number of rotatable bonds is 5. The van der Waals surface area contributed by atoms with Crippen molar-refractivity contribution in [3.63, 3.8) is 0 Å². The monoisotopic (exact) mass is 345 g/mol. The van der Waals surface area contributed by atoms with Gasteiger partial charge in [0.15, 0.2) is 11.5 Å². The number of benzene rings is 2. The molecule has 0 spiro atoms. The van der Waals surface area contributed by atoms with Crippen LogP contribution >= 0.6 is 34.8 Å². The summed E-state index contributed by atoms with van der Waals surface area (Å²) < 4.78 is 11.1. The number of hydrogen-bond acceptors (Lipinski definition) is 3. The Morgan fingerprint density at radius 1 is 1.00 bits per heavy atom. The van der Waals surface area contributed by atoms with Gasteiger partial charge in [0.2, 0.25) is 0 Å². The minimum Gasteiger partial charge on any atom is -0.493 e. The zero-order valence-electron chi connectivity index (χ0n) is 11.3. The lowest BCUT2D eigenvalue weighted by Gasteiger charge is -2.15. The summed E-state index contributed by atoms with van der Waals surface area (Å²) in [6.45, 7) is 0.571. The smallest absolute Gasteiger partial charge is 0.166 e. The van der Waals surface area contributed by atoms with Gasteiger partial charge in [0.25, 0.3) is 0 Å². The second kappa shape index (κ2) is 7.23. The van der Waals surface area contributed by atoms with Crippen LogP contribution in [0.1, 0.15) is 11.1 Å². The van der Waals surface area contributed by atoms with Gasteiger partial charge in [-0.25, -0.2) is 0 Å². The van der Waals surface area contributed by atoms with Crippen LogP contribution in [0.15, 0.2) is 30.3 Å². The van der Waals surface area contributed by atoms with Crippen LogP contribution in [-0.4, -0.2) is 7.11 Å². The third-order valence-corrected chi connectivity index (χ3v) is 3.73. The summed E-state index contributed by atoms with van der Waals surface area (Å²) in [6, 6.07) is 8.68. The van der Waals surface area contributed by atoms with Crippen molar-refractivity contribution in [2.24, 2.45) is 5.73 Å². The van der Waals surface area contributed by atoms with Gasteiger partial charge in [0, 0.05) is 38.8 Å². The molecule has 2 aromatic rings. The molecule has 0 atom stereocenters. The maximum absolute atomic E-state index is 6.13. The fourth-order valence-corrected chi connectivity index (χ4v) is 2.57. The van der Waals surface area contributed by atoms with Crippen molar-refractivity contribution in [3.8, 4) is 11.5 Å². The van der Waals surface area contributed by atoms with Crippen LogP contribution in [0.4, 0.5) is 0 Å². The van der Waals surface area contributed by atoms with Crippen molar-refractivity contribution < 1.29 is 9.47 Å². The van der Waals surface area contributed by atoms with Crippen molar-refractivity contribution >= 4 is 34.8 Å². The van der Waals surface area contributed by atoms with E-state index >= 15 is 0 Å². The van der Waals surface area contributed by atoms with Crippen LogP contribution in [0.2, 0.25) is 15.1 Å². The molecule has 3 nitrogen and oxygen atoms in total. The highest BCUT2D eigenvalue weighted by Gasteiger charge is 2.13. The second-order valence-corrected chi connectivity index (χ2v) is 5.60. The Labute approximate surface area is 138 Å². The van der Waals surface area contributed by atoms with Gasteiger partial charge in [-0.05, 0) is 18.2 Å². The van der Waals surface area contributed by atoms with Crippen molar-refractivity contribution in [3.05, 3.63) is 56.5 Å². The zero-order chi connectivity index (χ0) is 15.4. The van der Waals surface area contributed by atoms with Crippen molar-refractivity contribution in [2.45, 2.75) is 13.2 Å². The molecule has 0 saturated carbocycles. The number of ether oxygens (including phenoxy) is 2. The van der Waals surface area contributed by atoms with Crippen molar-refractivity contribution in [1.82, 2.24) is 0 Å². The summed E-state index contributed by atoms with van der Waals surface area (Å²) in [5.41, 5.74) is 7.31. The fourth-order valence-electron chi connectivity index (χ4n) is 1.88. The first-order valence-electron chi connectivity index (χ1n) is 6.18. The molecule has 0 aliphatic carbocycles. The number of nitrogens with two attached hydrogens (primary N) is 1. The zero-order valence-corrected chi connectivity index (χ0v) is 13.6. The first-order valence-corrected chi connectivity index (χ1v) is 7.31. The van der Waals surface area contributed by atoms with E-state index in [1.165, 1.54) is 0 Å². The summed E-state index contributed by atoms with van der Waals surface area (Å²) in [5.74, 6) is 1.10. The molecular formula is C15H14Cl3NO2. The van der Waals surface area contributed by atoms with Gasteiger partial charge >= 0.3 is 0 Å². The molecule has 6 heteroatoms. The van der Waals surface area contributed by atoms with Crippen LogP contribution in [0.25, 0.3) is 0 Å². The molecule has 2 N–H and O–H groups in total. The minimum atomic E-state index is 0.279. The first kappa shape index (κ1) is 16.2. The largest absolute Gasteiger partial charge is 0.493 e. The normalized spacial score (nSPS) is 10.5. The van der Waals surface area contributed by atoms with E-state index in [9.17, 15) is 0 Å². The van der Waals surface area contributed by atoms with E-state index in [2.05, 4.69) is 0 Å². The SMILES string of the molecule is COc1cc(Cl)cc(CN)c1OCc1ccc(Cl)cc1Cl. The van der Waals surface area contributed by atoms with Gasteiger partial charge in [-0.2, -0.15) is 0 Å². The first-order chi connectivity index (χ1) is 10.0. The lowest BCUT2D eigenvalue weighted by molar-refractivity contribution is 0.281. The Kier molecular flexibility index (Phi) is 5.59. The van der Waals surface area contributed by atoms with Gasteiger partial charge in [-0.1, -0.05) is 40.9 Å². The molecular weight excluding hydrogens is 333 g/mol. The topological polar surface area (TPSA) is 44.5 Å². The molecule has 0 heterocycles. The van der Waals surface area contributed by atoms with Crippen LogP contribution in [-0.2, 0) is 13.2 Å². The molecule has 0 fully saturated rings. The molecule has 0 saturated heterocycles. The molecule has 2 aromatic carbocycles.